The van der Waals surface area contributed by atoms with Crippen molar-refractivity contribution in [2.75, 3.05) is 25.6 Å². The average molecular weight is 357 g/mol. The summed E-state index contributed by atoms with van der Waals surface area (Å²) in [6.07, 6.45) is -0.751. The molecule has 6 heteroatoms. The van der Waals surface area contributed by atoms with Crippen LogP contribution in [0.25, 0.3) is 0 Å². The van der Waals surface area contributed by atoms with Crippen molar-refractivity contribution in [3.63, 3.8) is 0 Å². The van der Waals surface area contributed by atoms with Gasteiger partial charge in [-0.05, 0) is 50.2 Å². The lowest BCUT2D eigenvalue weighted by atomic mass is 10.2. The fourth-order valence-electron chi connectivity index (χ4n) is 2.12. The first-order valence-electron chi connectivity index (χ1n) is 8.30. The van der Waals surface area contributed by atoms with Gasteiger partial charge in [-0.2, -0.15) is 0 Å². The summed E-state index contributed by atoms with van der Waals surface area (Å²) >= 11 is 0. The van der Waals surface area contributed by atoms with Crippen LogP contribution in [0.2, 0.25) is 0 Å². The number of ether oxygens (including phenoxy) is 3. The van der Waals surface area contributed by atoms with E-state index in [-0.39, 0.29) is 12.5 Å². The summed E-state index contributed by atoms with van der Waals surface area (Å²) in [4.78, 5) is 24.0. The Morgan fingerprint density at radius 1 is 1.00 bits per heavy atom. The van der Waals surface area contributed by atoms with Crippen LogP contribution in [0, 0.1) is 6.92 Å². The number of rotatable bonds is 8. The van der Waals surface area contributed by atoms with Gasteiger partial charge in [-0.1, -0.05) is 17.7 Å². The number of esters is 1. The largest absolute Gasteiger partial charge is 0.479 e. The Hall–Kier alpha value is -2.86. The molecule has 0 unspecified atom stereocenters. The Morgan fingerprint density at radius 2 is 1.65 bits per heavy atom. The molecule has 6 nitrogen and oxygen atoms in total. The molecule has 1 amide bonds. The minimum atomic E-state index is -0.751. The van der Waals surface area contributed by atoms with Gasteiger partial charge in [-0.3, -0.25) is 4.79 Å². The predicted octanol–water partition coefficient (Wildman–Crippen LogP) is 3.20. The van der Waals surface area contributed by atoms with Gasteiger partial charge < -0.3 is 19.5 Å². The van der Waals surface area contributed by atoms with Crippen molar-refractivity contribution >= 4 is 17.6 Å². The van der Waals surface area contributed by atoms with Gasteiger partial charge in [-0.25, -0.2) is 4.79 Å². The number of hydrogen-bond donors (Lipinski definition) is 1. The van der Waals surface area contributed by atoms with Crippen molar-refractivity contribution in [1.29, 1.82) is 0 Å². The lowest BCUT2D eigenvalue weighted by Crippen LogP contribution is -2.27. The zero-order chi connectivity index (χ0) is 18.9. The first-order valence-corrected chi connectivity index (χ1v) is 8.30. The molecule has 2 aromatic carbocycles. The van der Waals surface area contributed by atoms with Crippen LogP contribution in [0.3, 0.4) is 0 Å². The van der Waals surface area contributed by atoms with E-state index >= 15 is 0 Å². The van der Waals surface area contributed by atoms with Crippen LogP contribution in [0.5, 0.6) is 5.75 Å². The molecule has 0 aliphatic carbocycles. The van der Waals surface area contributed by atoms with Crippen molar-refractivity contribution in [3.05, 3.63) is 59.7 Å². The van der Waals surface area contributed by atoms with Gasteiger partial charge in [0, 0.05) is 18.4 Å². The Bertz CT molecular complexity index is 725. The smallest absolute Gasteiger partial charge is 0.347 e. The molecule has 2 rings (SSSR count). The molecule has 0 saturated heterocycles. The quantitative estimate of drug-likeness (QED) is 0.580. The third kappa shape index (κ3) is 5.89. The number of methoxy groups -OCH3 is 1. The van der Waals surface area contributed by atoms with Gasteiger partial charge in [0.2, 0.25) is 0 Å². The third-order valence-electron chi connectivity index (χ3n) is 3.60. The molecule has 0 aromatic heterocycles. The van der Waals surface area contributed by atoms with Crippen molar-refractivity contribution in [3.8, 4) is 5.75 Å². The van der Waals surface area contributed by atoms with E-state index in [9.17, 15) is 9.59 Å². The molecule has 0 bridgehead atoms. The van der Waals surface area contributed by atoms with E-state index in [0.29, 0.717) is 17.9 Å². The Morgan fingerprint density at radius 3 is 2.27 bits per heavy atom. The standard InChI is InChI=1S/C20H23NO5/c1-14-4-8-17(9-5-14)21-19(22)16-6-10-18(11-7-16)26-15(2)20(23)25-13-12-24-3/h4-11,15H,12-13H2,1-3H3,(H,21,22)/t15-/m0/s1. The summed E-state index contributed by atoms with van der Waals surface area (Å²) in [7, 11) is 1.53. The summed E-state index contributed by atoms with van der Waals surface area (Å²) in [5, 5.41) is 2.83. The number of carbonyl (C=O) groups excluding carboxylic acids is 2. The van der Waals surface area contributed by atoms with Crippen LogP contribution in [-0.4, -0.2) is 38.3 Å². The molecular weight excluding hydrogens is 334 g/mol. The average Bonchev–Trinajstić information content (AvgIpc) is 2.64. The van der Waals surface area contributed by atoms with Gasteiger partial charge in [0.1, 0.15) is 12.4 Å². The molecule has 0 aliphatic rings. The highest BCUT2D eigenvalue weighted by molar-refractivity contribution is 6.04. The van der Waals surface area contributed by atoms with Crippen molar-refractivity contribution < 1.29 is 23.8 Å². The normalized spacial score (nSPS) is 11.5. The lowest BCUT2D eigenvalue weighted by Gasteiger charge is -2.14. The van der Waals surface area contributed by atoms with Crippen molar-refractivity contribution in [2.24, 2.45) is 0 Å². The molecule has 0 spiro atoms. The third-order valence-corrected chi connectivity index (χ3v) is 3.60. The SMILES string of the molecule is COCCOC(=O)[C@H](C)Oc1ccc(C(=O)Nc2ccc(C)cc2)cc1. The summed E-state index contributed by atoms with van der Waals surface area (Å²) in [5.74, 6) is -0.205. The maximum Gasteiger partial charge on any atom is 0.347 e. The van der Waals surface area contributed by atoms with E-state index in [1.165, 1.54) is 7.11 Å². The van der Waals surface area contributed by atoms with Gasteiger partial charge in [0.05, 0.1) is 6.61 Å². The van der Waals surface area contributed by atoms with Gasteiger partial charge in [0.15, 0.2) is 6.10 Å². The fraction of sp³-hybridized carbons (Fsp3) is 0.300. The Balaban J connectivity index is 1.89. The number of amides is 1. The van der Waals surface area contributed by atoms with Crippen molar-refractivity contribution in [2.45, 2.75) is 20.0 Å². The van der Waals surface area contributed by atoms with Crippen LogP contribution < -0.4 is 10.1 Å². The number of nitrogens with one attached hydrogen (secondary N) is 1. The highest BCUT2D eigenvalue weighted by atomic mass is 16.6. The lowest BCUT2D eigenvalue weighted by molar-refractivity contribution is -0.152. The van der Waals surface area contributed by atoms with Crippen LogP contribution >= 0.6 is 0 Å². The first-order chi connectivity index (χ1) is 12.5. The summed E-state index contributed by atoms with van der Waals surface area (Å²) in [6.45, 7) is 4.11. The predicted molar refractivity (Wildman–Crippen MR) is 98.5 cm³/mol. The highest BCUT2D eigenvalue weighted by Gasteiger charge is 2.16. The topological polar surface area (TPSA) is 73.9 Å². The zero-order valence-corrected chi connectivity index (χ0v) is 15.2. The second kappa shape index (κ2) is 9.58. The Kier molecular flexibility index (Phi) is 7.17. The second-order valence-electron chi connectivity index (χ2n) is 5.76. The molecule has 0 heterocycles. The van der Waals surface area contributed by atoms with Crippen LogP contribution in [0.4, 0.5) is 5.69 Å². The number of hydrogen-bond acceptors (Lipinski definition) is 5. The van der Waals surface area contributed by atoms with Crippen LogP contribution in [0.1, 0.15) is 22.8 Å². The van der Waals surface area contributed by atoms with E-state index in [4.69, 9.17) is 14.2 Å². The van der Waals surface area contributed by atoms with Crippen LogP contribution in [-0.2, 0) is 14.3 Å². The molecule has 1 N–H and O–H groups in total. The maximum absolute atomic E-state index is 12.2. The number of carbonyl (C=O) groups is 2. The Labute approximate surface area is 153 Å². The molecule has 0 saturated carbocycles. The van der Waals surface area contributed by atoms with E-state index in [1.54, 1.807) is 31.2 Å². The second-order valence-corrected chi connectivity index (χ2v) is 5.76. The number of aryl methyl sites for hydroxylation is 1. The van der Waals surface area contributed by atoms with Crippen molar-refractivity contribution in [1.82, 2.24) is 0 Å². The fourth-order valence-corrected chi connectivity index (χ4v) is 2.12. The molecule has 0 radical (unpaired) electrons. The minimum absolute atomic E-state index is 0.182. The van der Waals surface area contributed by atoms with E-state index < -0.39 is 12.1 Å². The van der Waals surface area contributed by atoms with E-state index in [1.807, 2.05) is 31.2 Å². The summed E-state index contributed by atoms with van der Waals surface area (Å²) < 4.78 is 15.3. The molecule has 1 atom stereocenters. The highest BCUT2D eigenvalue weighted by Crippen LogP contribution is 2.16. The summed E-state index contributed by atoms with van der Waals surface area (Å²) in [6, 6.07) is 14.1. The molecule has 2 aromatic rings. The minimum Gasteiger partial charge on any atom is -0.479 e. The maximum atomic E-state index is 12.2. The number of anilines is 1. The van der Waals surface area contributed by atoms with E-state index in [0.717, 1.165) is 11.3 Å². The summed E-state index contributed by atoms with van der Waals surface area (Å²) in [5.41, 5.74) is 2.35. The number of benzene rings is 2. The van der Waals surface area contributed by atoms with Gasteiger partial charge in [-0.15, -0.1) is 0 Å². The first kappa shape index (κ1) is 19.5. The molecule has 0 fully saturated rings. The molecule has 138 valence electrons. The van der Waals surface area contributed by atoms with Crippen LogP contribution in [0.15, 0.2) is 48.5 Å². The van der Waals surface area contributed by atoms with Gasteiger partial charge >= 0.3 is 5.97 Å². The van der Waals surface area contributed by atoms with E-state index in [2.05, 4.69) is 5.32 Å². The molecule has 26 heavy (non-hydrogen) atoms. The molecule has 0 aliphatic heterocycles. The van der Waals surface area contributed by atoms with Gasteiger partial charge in [0.25, 0.3) is 5.91 Å². The molecular formula is C20H23NO5. The monoisotopic (exact) mass is 357 g/mol. The zero-order valence-electron chi connectivity index (χ0n) is 15.2.